The minimum Gasteiger partial charge on any atom is -0.351 e. The molecule has 1 aliphatic rings. The lowest BCUT2D eigenvalue weighted by Crippen LogP contribution is -2.34. The maximum atomic E-state index is 11.8. The van der Waals surface area contributed by atoms with Gasteiger partial charge >= 0.3 is 0 Å². The number of ketones is 1. The quantitative estimate of drug-likeness (QED) is 0.643. The molecule has 19 heavy (non-hydrogen) atoms. The molecule has 1 rings (SSSR count). The second-order valence-electron chi connectivity index (χ2n) is 5.16. The molecule has 0 aromatic rings. The molecule has 0 radical (unpaired) electrons. The number of amides is 1. The van der Waals surface area contributed by atoms with E-state index in [2.05, 4.69) is 15.6 Å². The van der Waals surface area contributed by atoms with Crippen LogP contribution in [0.1, 0.15) is 39.5 Å². The highest BCUT2D eigenvalue weighted by molar-refractivity contribution is 6.40. The van der Waals surface area contributed by atoms with Crippen LogP contribution < -0.4 is 10.6 Å². The number of likely N-dealkylation sites (N-methyl/N-ethyl adjacent to an activating group) is 1. The van der Waals surface area contributed by atoms with Crippen LogP contribution in [0.5, 0.6) is 0 Å². The summed E-state index contributed by atoms with van der Waals surface area (Å²) in [7, 11) is 1.80. The number of Topliss-reactive ketones (excluding diaryl/α,β-unsaturated/α-hetero) is 1. The van der Waals surface area contributed by atoms with Crippen LogP contribution in [-0.4, -0.2) is 43.6 Å². The minimum atomic E-state index is -0.0602. The van der Waals surface area contributed by atoms with Crippen molar-refractivity contribution >= 4 is 17.4 Å². The van der Waals surface area contributed by atoms with Crippen LogP contribution in [0.2, 0.25) is 0 Å². The number of carbonyl (C=O) groups is 2. The Kier molecular flexibility index (Phi) is 6.70. The molecule has 2 unspecified atom stereocenters. The van der Waals surface area contributed by atoms with Crippen LogP contribution >= 0.6 is 0 Å². The summed E-state index contributed by atoms with van der Waals surface area (Å²) >= 11 is 0. The second kappa shape index (κ2) is 8.04. The molecule has 0 aliphatic carbocycles. The molecule has 1 aliphatic heterocycles. The number of hydrogen-bond acceptors (Lipinski definition) is 4. The highest BCUT2D eigenvalue weighted by Crippen LogP contribution is 2.12. The molecular formula is C14H25N3O2. The zero-order chi connectivity index (χ0) is 14.3. The van der Waals surface area contributed by atoms with E-state index in [-0.39, 0.29) is 23.7 Å². The van der Waals surface area contributed by atoms with Crippen molar-refractivity contribution in [1.29, 1.82) is 0 Å². The number of rotatable bonds is 8. The molecule has 108 valence electrons. The first-order valence-electron chi connectivity index (χ1n) is 7.06. The zero-order valence-electron chi connectivity index (χ0n) is 12.2. The van der Waals surface area contributed by atoms with E-state index in [1.54, 1.807) is 14.0 Å². The van der Waals surface area contributed by atoms with E-state index in [1.807, 2.05) is 6.92 Å². The molecule has 2 N–H and O–H groups in total. The Morgan fingerprint density at radius 2 is 2.16 bits per heavy atom. The Labute approximate surface area is 115 Å². The number of aliphatic imine (C=N–C) groups is 1. The Balaban J connectivity index is 2.14. The molecule has 0 bridgehead atoms. The third kappa shape index (κ3) is 5.11. The molecule has 0 saturated carbocycles. The molecule has 5 nitrogen and oxygen atoms in total. The lowest BCUT2D eigenvalue weighted by Gasteiger charge is -2.12. The van der Waals surface area contributed by atoms with Crippen LogP contribution in [-0.2, 0) is 9.59 Å². The zero-order valence-corrected chi connectivity index (χ0v) is 12.2. The molecule has 1 amide bonds. The van der Waals surface area contributed by atoms with Crippen molar-refractivity contribution in [1.82, 2.24) is 10.6 Å². The monoisotopic (exact) mass is 267 g/mol. The van der Waals surface area contributed by atoms with Gasteiger partial charge in [-0.15, -0.1) is 0 Å². The topological polar surface area (TPSA) is 70.6 Å². The van der Waals surface area contributed by atoms with Crippen molar-refractivity contribution in [2.24, 2.45) is 10.9 Å². The summed E-state index contributed by atoms with van der Waals surface area (Å²) in [5.41, 5.74) is 0.692. The van der Waals surface area contributed by atoms with E-state index in [0.29, 0.717) is 12.3 Å². The van der Waals surface area contributed by atoms with Gasteiger partial charge in [-0.05, 0) is 39.7 Å². The van der Waals surface area contributed by atoms with Gasteiger partial charge in [0, 0.05) is 19.0 Å². The van der Waals surface area contributed by atoms with Gasteiger partial charge in [0.15, 0.2) is 0 Å². The standard InChI is InChI=1S/C14H25N3O2/c1-10-7-9-16-13(10)14(19)17-8-5-4-6-12(15-3)11(2)18/h10,12,15H,4-9H2,1-3H3,(H,17,19). The number of carbonyl (C=O) groups excluding carboxylic acids is 2. The van der Waals surface area contributed by atoms with Gasteiger partial charge in [0.1, 0.15) is 11.5 Å². The third-order valence-electron chi connectivity index (χ3n) is 3.59. The lowest BCUT2D eigenvalue weighted by molar-refractivity contribution is -0.119. The largest absolute Gasteiger partial charge is 0.351 e. The predicted octanol–water partition coefficient (Wildman–Crippen LogP) is 0.931. The molecule has 5 heteroatoms. The highest BCUT2D eigenvalue weighted by Gasteiger charge is 2.22. The highest BCUT2D eigenvalue weighted by atomic mass is 16.2. The fourth-order valence-electron chi connectivity index (χ4n) is 2.28. The SMILES string of the molecule is CNC(CCCCNC(=O)C1=NCCC1C)C(C)=O. The van der Waals surface area contributed by atoms with Gasteiger partial charge in [-0.25, -0.2) is 0 Å². The summed E-state index contributed by atoms with van der Waals surface area (Å²) in [4.78, 5) is 27.2. The summed E-state index contributed by atoms with van der Waals surface area (Å²) in [5.74, 6) is 0.425. The number of nitrogens with one attached hydrogen (secondary N) is 2. The minimum absolute atomic E-state index is 0.0262. The van der Waals surface area contributed by atoms with Crippen molar-refractivity contribution in [2.45, 2.75) is 45.6 Å². The maximum Gasteiger partial charge on any atom is 0.265 e. The van der Waals surface area contributed by atoms with Gasteiger partial charge in [-0.1, -0.05) is 6.92 Å². The third-order valence-corrected chi connectivity index (χ3v) is 3.59. The molecule has 0 fully saturated rings. The molecular weight excluding hydrogens is 242 g/mol. The normalized spacial score (nSPS) is 19.9. The van der Waals surface area contributed by atoms with Crippen LogP contribution in [0.3, 0.4) is 0 Å². The van der Waals surface area contributed by atoms with Gasteiger partial charge in [-0.3, -0.25) is 14.6 Å². The van der Waals surface area contributed by atoms with E-state index in [4.69, 9.17) is 0 Å². The maximum absolute atomic E-state index is 11.8. The Bertz CT molecular complexity index is 353. The predicted molar refractivity (Wildman–Crippen MR) is 76.5 cm³/mol. The molecule has 0 aromatic carbocycles. The molecule has 0 aromatic heterocycles. The first kappa shape index (κ1) is 15.8. The summed E-state index contributed by atoms with van der Waals surface area (Å²) in [6.07, 6.45) is 3.61. The van der Waals surface area contributed by atoms with E-state index in [9.17, 15) is 9.59 Å². The summed E-state index contributed by atoms with van der Waals surface area (Å²) in [5, 5.41) is 5.90. The van der Waals surface area contributed by atoms with Crippen molar-refractivity contribution in [3.05, 3.63) is 0 Å². The molecule has 1 heterocycles. The Hall–Kier alpha value is -1.23. The molecule has 2 atom stereocenters. The Morgan fingerprint density at radius 3 is 2.68 bits per heavy atom. The van der Waals surface area contributed by atoms with E-state index >= 15 is 0 Å². The van der Waals surface area contributed by atoms with Crippen LogP contribution in [0.15, 0.2) is 4.99 Å². The average Bonchev–Trinajstić information content (AvgIpc) is 2.79. The van der Waals surface area contributed by atoms with E-state index < -0.39 is 0 Å². The van der Waals surface area contributed by atoms with Crippen molar-refractivity contribution in [2.75, 3.05) is 20.1 Å². The van der Waals surface area contributed by atoms with Crippen molar-refractivity contribution < 1.29 is 9.59 Å². The van der Waals surface area contributed by atoms with Crippen molar-refractivity contribution in [3.63, 3.8) is 0 Å². The summed E-state index contributed by atoms with van der Waals surface area (Å²) in [6.45, 7) is 5.06. The van der Waals surface area contributed by atoms with Gasteiger partial charge < -0.3 is 10.6 Å². The number of nitrogens with zero attached hydrogens (tertiary/aromatic N) is 1. The summed E-state index contributed by atoms with van der Waals surface area (Å²) < 4.78 is 0. The second-order valence-corrected chi connectivity index (χ2v) is 5.16. The Morgan fingerprint density at radius 1 is 1.42 bits per heavy atom. The van der Waals surface area contributed by atoms with Gasteiger partial charge in [0.2, 0.25) is 0 Å². The first-order chi connectivity index (χ1) is 9.06. The fraction of sp³-hybridized carbons (Fsp3) is 0.786. The smallest absolute Gasteiger partial charge is 0.265 e. The number of unbranched alkanes of at least 4 members (excludes halogenated alkanes) is 1. The van der Waals surface area contributed by atoms with Crippen molar-refractivity contribution in [3.8, 4) is 0 Å². The van der Waals surface area contributed by atoms with Gasteiger partial charge in [0.25, 0.3) is 5.91 Å². The lowest BCUT2D eigenvalue weighted by atomic mass is 10.0. The van der Waals surface area contributed by atoms with Gasteiger partial charge in [-0.2, -0.15) is 0 Å². The first-order valence-corrected chi connectivity index (χ1v) is 7.06. The summed E-state index contributed by atoms with van der Waals surface area (Å²) in [6, 6.07) is -0.0602. The van der Waals surface area contributed by atoms with Gasteiger partial charge in [0.05, 0.1) is 6.04 Å². The average molecular weight is 267 g/mol. The fourth-order valence-corrected chi connectivity index (χ4v) is 2.28. The molecule has 0 spiro atoms. The van der Waals surface area contributed by atoms with Crippen LogP contribution in [0.4, 0.5) is 0 Å². The number of hydrogen-bond donors (Lipinski definition) is 2. The van der Waals surface area contributed by atoms with E-state index in [0.717, 1.165) is 32.2 Å². The van der Waals surface area contributed by atoms with Crippen LogP contribution in [0.25, 0.3) is 0 Å². The van der Waals surface area contributed by atoms with Crippen LogP contribution in [0, 0.1) is 5.92 Å². The molecule has 0 saturated heterocycles. The van der Waals surface area contributed by atoms with E-state index in [1.165, 1.54) is 0 Å².